The van der Waals surface area contributed by atoms with Crippen molar-refractivity contribution in [3.8, 4) is 5.75 Å². The Labute approximate surface area is 161 Å². The second-order valence-corrected chi connectivity index (χ2v) is 7.05. The molecule has 0 radical (unpaired) electrons. The van der Waals surface area contributed by atoms with Crippen molar-refractivity contribution in [2.24, 2.45) is 4.99 Å². The van der Waals surface area contributed by atoms with Crippen LogP contribution in [-0.2, 0) is 18.6 Å². The smallest absolute Gasteiger partial charge is 0.191 e. The summed E-state index contributed by atoms with van der Waals surface area (Å²) < 4.78 is 5.46. The monoisotopic (exact) mass is 367 g/mol. The number of fused-ring (bicyclic) bond motifs is 1. The Morgan fingerprint density at radius 1 is 1.22 bits per heavy atom. The predicted octanol–water partition coefficient (Wildman–Crippen LogP) is 2.89. The van der Waals surface area contributed by atoms with Crippen LogP contribution >= 0.6 is 0 Å². The van der Waals surface area contributed by atoms with Gasteiger partial charge < -0.3 is 20.5 Å². The summed E-state index contributed by atoms with van der Waals surface area (Å²) in [7, 11) is 1.68. The van der Waals surface area contributed by atoms with E-state index in [1.165, 1.54) is 5.56 Å². The maximum absolute atomic E-state index is 11.1. The van der Waals surface area contributed by atoms with Gasteiger partial charge >= 0.3 is 0 Å². The molecule has 3 rings (SSSR count). The van der Waals surface area contributed by atoms with Crippen molar-refractivity contribution in [1.29, 1.82) is 0 Å². The van der Waals surface area contributed by atoms with Gasteiger partial charge in [-0.15, -0.1) is 0 Å². The number of aliphatic imine (C=N–C) groups is 1. The lowest BCUT2D eigenvalue weighted by molar-refractivity contribution is 0.0432. The molecular weight excluding hydrogens is 338 g/mol. The van der Waals surface area contributed by atoms with Crippen molar-refractivity contribution in [3.63, 3.8) is 0 Å². The van der Waals surface area contributed by atoms with Crippen molar-refractivity contribution in [2.75, 3.05) is 20.2 Å². The number of ether oxygens (including phenoxy) is 1. The van der Waals surface area contributed by atoms with Gasteiger partial charge in [-0.05, 0) is 49.4 Å². The minimum Gasteiger partial charge on any atom is -0.496 e. The van der Waals surface area contributed by atoms with E-state index in [4.69, 9.17) is 4.74 Å². The third kappa shape index (κ3) is 4.42. The summed E-state index contributed by atoms with van der Waals surface area (Å²) in [6, 6.07) is 14.2. The summed E-state index contributed by atoms with van der Waals surface area (Å²) in [5.74, 6) is 1.54. The maximum atomic E-state index is 11.1. The molecule has 5 heteroatoms. The van der Waals surface area contributed by atoms with Crippen LogP contribution < -0.4 is 15.4 Å². The van der Waals surface area contributed by atoms with E-state index in [2.05, 4.69) is 27.8 Å². The minimum atomic E-state index is -0.853. The van der Waals surface area contributed by atoms with Gasteiger partial charge in [0.05, 0.1) is 20.2 Å². The van der Waals surface area contributed by atoms with E-state index in [0.29, 0.717) is 19.0 Å². The van der Waals surface area contributed by atoms with E-state index < -0.39 is 5.60 Å². The highest BCUT2D eigenvalue weighted by Gasteiger charge is 2.36. The van der Waals surface area contributed by atoms with Crippen molar-refractivity contribution in [3.05, 3.63) is 64.7 Å². The Balaban J connectivity index is 1.70. The predicted molar refractivity (Wildman–Crippen MR) is 109 cm³/mol. The zero-order chi connectivity index (χ0) is 19.3. The Kier molecular flexibility index (Phi) is 6.01. The van der Waals surface area contributed by atoms with Gasteiger partial charge in [-0.2, -0.15) is 0 Å². The Hall–Kier alpha value is -2.53. The molecule has 0 spiro atoms. The number of aryl methyl sites for hydroxylation is 2. The first kappa shape index (κ1) is 19.2. The minimum absolute atomic E-state index is 0.431. The van der Waals surface area contributed by atoms with Gasteiger partial charge in [-0.25, -0.2) is 4.99 Å². The number of guanidine groups is 1. The average Bonchev–Trinajstić information content (AvgIpc) is 3.02. The van der Waals surface area contributed by atoms with Gasteiger partial charge in [-0.3, -0.25) is 0 Å². The zero-order valence-electron chi connectivity index (χ0n) is 16.4. The molecule has 0 amide bonds. The number of aliphatic hydroxyl groups is 1. The number of nitrogens with one attached hydrogen (secondary N) is 2. The quantitative estimate of drug-likeness (QED) is 0.543. The molecule has 0 fully saturated rings. The highest BCUT2D eigenvalue weighted by Crippen LogP contribution is 2.36. The highest BCUT2D eigenvalue weighted by molar-refractivity contribution is 5.80. The lowest BCUT2D eigenvalue weighted by Crippen LogP contribution is -2.45. The molecule has 1 unspecified atom stereocenters. The second-order valence-electron chi connectivity index (χ2n) is 7.05. The molecule has 1 aliphatic carbocycles. The van der Waals surface area contributed by atoms with Gasteiger partial charge in [0, 0.05) is 12.1 Å². The van der Waals surface area contributed by atoms with Gasteiger partial charge in [0.25, 0.3) is 0 Å². The van der Waals surface area contributed by atoms with E-state index in [0.717, 1.165) is 41.8 Å². The molecule has 1 atom stereocenters. The molecule has 2 aromatic carbocycles. The van der Waals surface area contributed by atoms with Crippen LogP contribution in [0.3, 0.4) is 0 Å². The van der Waals surface area contributed by atoms with Gasteiger partial charge in [0.15, 0.2) is 5.96 Å². The summed E-state index contributed by atoms with van der Waals surface area (Å²) in [6.45, 7) is 5.77. The van der Waals surface area contributed by atoms with Crippen molar-refractivity contribution >= 4 is 5.96 Å². The number of hydrogen-bond donors (Lipinski definition) is 3. The number of hydrogen-bond acceptors (Lipinski definition) is 3. The van der Waals surface area contributed by atoms with Gasteiger partial charge in [-0.1, -0.05) is 36.4 Å². The van der Waals surface area contributed by atoms with E-state index in [-0.39, 0.29) is 0 Å². The fourth-order valence-electron chi connectivity index (χ4n) is 3.57. The van der Waals surface area contributed by atoms with Crippen LogP contribution in [0.15, 0.2) is 47.5 Å². The molecule has 1 aliphatic rings. The molecule has 0 aliphatic heterocycles. The van der Waals surface area contributed by atoms with Crippen LogP contribution in [0.4, 0.5) is 0 Å². The maximum Gasteiger partial charge on any atom is 0.191 e. The highest BCUT2D eigenvalue weighted by atomic mass is 16.5. The number of methoxy groups -OCH3 is 1. The Morgan fingerprint density at radius 3 is 2.81 bits per heavy atom. The molecule has 27 heavy (non-hydrogen) atoms. The van der Waals surface area contributed by atoms with Crippen LogP contribution in [0.1, 0.15) is 35.6 Å². The summed E-state index contributed by atoms with van der Waals surface area (Å²) >= 11 is 0. The molecule has 0 aromatic heterocycles. The molecule has 144 valence electrons. The molecule has 0 bridgehead atoms. The second kappa shape index (κ2) is 8.44. The average molecular weight is 367 g/mol. The van der Waals surface area contributed by atoms with Crippen LogP contribution in [0.5, 0.6) is 5.75 Å². The first-order chi connectivity index (χ1) is 13.1. The summed E-state index contributed by atoms with van der Waals surface area (Å²) in [4.78, 5) is 4.67. The Morgan fingerprint density at radius 2 is 2.04 bits per heavy atom. The molecule has 3 N–H and O–H groups in total. The molecule has 0 heterocycles. The standard InChI is InChI=1S/C22H29N3O2/c1-4-23-21(24-14-18-10-9-16(2)13-20(18)27-3)25-15-22(26)12-11-17-7-5-6-8-19(17)22/h5-10,13,26H,4,11-12,14-15H2,1-3H3,(H2,23,24,25). The third-order valence-corrected chi connectivity index (χ3v) is 5.07. The first-order valence-electron chi connectivity index (χ1n) is 9.52. The summed E-state index contributed by atoms with van der Waals surface area (Å²) in [6.07, 6.45) is 1.63. The first-order valence-corrected chi connectivity index (χ1v) is 9.52. The van der Waals surface area contributed by atoms with E-state index in [1.807, 2.05) is 44.2 Å². The molecule has 2 aromatic rings. The van der Waals surface area contributed by atoms with Crippen molar-refractivity contribution in [2.45, 2.75) is 38.8 Å². The fourth-order valence-corrected chi connectivity index (χ4v) is 3.57. The summed E-state index contributed by atoms with van der Waals surface area (Å²) in [5, 5.41) is 17.7. The number of benzene rings is 2. The van der Waals surface area contributed by atoms with Crippen LogP contribution in [0.25, 0.3) is 0 Å². The van der Waals surface area contributed by atoms with Crippen LogP contribution in [0.2, 0.25) is 0 Å². The van der Waals surface area contributed by atoms with E-state index in [1.54, 1.807) is 7.11 Å². The topological polar surface area (TPSA) is 65.9 Å². The normalized spacial score (nSPS) is 18.9. The van der Waals surface area contributed by atoms with Gasteiger partial charge in [0.1, 0.15) is 11.4 Å². The molecule has 0 saturated heterocycles. The fraction of sp³-hybridized carbons (Fsp3) is 0.409. The summed E-state index contributed by atoms with van der Waals surface area (Å²) in [5.41, 5.74) is 3.59. The third-order valence-electron chi connectivity index (χ3n) is 5.07. The van der Waals surface area contributed by atoms with Gasteiger partial charge in [0.2, 0.25) is 0 Å². The lowest BCUT2D eigenvalue weighted by atomic mass is 9.96. The lowest BCUT2D eigenvalue weighted by Gasteiger charge is -2.25. The van der Waals surface area contributed by atoms with Crippen LogP contribution in [0, 0.1) is 6.92 Å². The number of rotatable bonds is 6. The largest absolute Gasteiger partial charge is 0.496 e. The SMILES string of the molecule is CCNC(=NCc1ccc(C)cc1OC)NCC1(O)CCc2ccccc21. The molecular formula is C22H29N3O2. The van der Waals surface area contributed by atoms with Crippen LogP contribution in [-0.4, -0.2) is 31.3 Å². The number of nitrogens with zero attached hydrogens (tertiary/aromatic N) is 1. The molecule has 5 nitrogen and oxygen atoms in total. The van der Waals surface area contributed by atoms with E-state index >= 15 is 0 Å². The van der Waals surface area contributed by atoms with E-state index in [9.17, 15) is 5.11 Å². The molecule has 0 saturated carbocycles. The van der Waals surface area contributed by atoms with Crippen molar-refractivity contribution in [1.82, 2.24) is 10.6 Å². The van der Waals surface area contributed by atoms with Crippen molar-refractivity contribution < 1.29 is 9.84 Å². The zero-order valence-corrected chi connectivity index (χ0v) is 16.4. The Bertz CT molecular complexity index is 819.